The SMILES string of the molecule is OC1CCC2(CC1N1CCCC(C(F)(F)F)C1)OCCO2. The summed E-state index contributed by atoms with van der Waals surface area (Å²) in [5.74, 6) is -1.98. The Hall–Kier alpha value is -0.370. The standard InChI is InChI=1S/C14H22F3NO3/c15-14(16,17)10-2-1-5-18(9-10)11-8-13(4-3-12(11)19)20-6-7-21-13/h10-12,19H,1-9H2. The molecule has 0 aromatic rings. The van der Waals surface area contributed by atoms with Gasteiger partial charge in [-0.1, -0.05) is 0 Å². The lowest BCUT2D eigenvalue weighted by atomic mass is 9.84. The van der Waals surface area contributed by atoms with Gasteiger partial charge in [0.05, 0.1) is 25.2 Å². The first kappa shape index (κ1) is 15.5. The van der Waals surface area contributed by atoms with Crippen LogP contribution >= 0.6 is 0 Å². The minimum atomic E-state index is -4.16. The predicted molar refractivity (Wildman–Crippen MR) is 68.6 cm³/mol. The highest BCUT2D eigenvalue weighted by molar-refractivity contribution is 4.95. The summed E-state index contributed by atoms with van der Waals surface area (Å²) in [6, 6.07) is -0.304. The third-order valence-corrected chi connectivity index (χ3v) is 4.98. The second-order valence-electron chi connectivity index (χ2n) is 6.36. The summed E-state index contributed by atoms with van der Waals surface area (Å²) < 4.78 is 50.1. The molecule has 2 heterocycles. The van der Waals surface area contributed by atoms with E-state index >= 15 is 0 Å². The van der Waals surface area contributed by atoms with Crippen LogP contribution in [-0.2, 0) is 9.47 Å². The Kier molecular flexibility index (Phi) is 4.20. The van der Waals surface area contributed by atoms with E-state index in [0.717, 1.165) is 0 Å². The zero-order valence-electron chi connectivity index (χ0n) is 11.9. The number of likely N-dealkylation sites (tertiary alicyclic amines) is 1. The van der Waals surface area contributed by atoms with E-state index < -0.39 is 24.0 Å². The Bertz CT molecular complexity index is 371. The molecule has 3 unspecified atom stereocenters. The Morgan fingerprint density at radius 3 is 2.52 bits per heavy atom. The number of nitrogens with zero attached hydrogens (tertiary/aromatic N) is 1. The average Bonchev–Trinajstić information content (AvgIpc) is 2.90. The molecule has 1 spiro atoms. The van der Waals surface area contributed by atoms with Gasteiger partial charge in [0, 0.05) is 25.4 Å². The maximum absolute atomic E-state index is 12.9. The fraction of sp³-hybridized carbons (Fsp3) is 1.00. The second kappa shape index (κ2) is 5.68. The van der Waals surface area contributed by atoms with Crippen molar-refractivity contribution in [2.45, 2.75) is 56.2 Å². The molecule has 0 aromatic heterocycles. The molecule has 1 N–H and O–H groups in total. The van der Waals surface area contributed by atoms with Crippen LogP contribution in [-0.4, -0.2) is 60.4 Å². The first-order chi connectivity index (χ1) is 9.90. The van der Waals surface area contributed by atoms with E-state index in [4.69, 9.17) is 9.47 Å². The predicted octanol–water partition coefficient (Wildman–Crippen LogP) is 1.92. The summed E-state index contributed by atoms with van der Waals surface area (Å²) in [6.45, 7) is 1.62. The lowest BCUT2D eigenvalue weighted by Gasteiger charge is -2.46. The number of hydrogen-bond acceptors (Lipinski definition) is 4. The van der Waals surface area contributed by atoms with Crippen LogP contribution in [0.3, 0.4) is 0 Å². The molecule has 1 saturated carbocycles. The molecule has 21 heavy (non-hydrogen) atoms. The number of hydrogen-bond donors (Lipinski definition) is 1. The van der Waals surface area contributed by atoms with Crippen molar-refractivity contribution in [2.75, 3.05) is 26.3 Å². The molecule has 122 valence electrons. The van der Waals surface area contributed by atoms with Gasteiger partial charge in [0.2, 0.25) is 0 Å². The molecule has 0 radical (unpaired) electrons. The quantitative estimate of drug-likeness (QED) is 0.803. The number of aliphatic hydroxyl groups is 1. The van der Waals surface area contributed by atoms with Gasteiger partial charge in [-0.05, 0) is 25.8 Å². The Labute approximate surface area is 122 Å². The maximum Gasteiger partial charge on any atom is 0.393 e. The van der Waals surface area contributed by atoms with Gasteiger partial charge >= 0.3 is 6.18 Å². The number of aliphatic hydroxyl groups excluding tert-OH is 1. The molecule has 4 nitrogen and oxygen atoms in total. The van der Waals surface area contributed by atoms with Gasteiger partial charge in [0.1, 0.15) is 0 Å². The van der Waals surface area contributed by atoms with Crippen molar-refractivity contribution in [3.63, 3.8) is 0 Å². The third-order valence-electron chi connectivity index (χ3n) is 4.98. The number of halogens is 3. The number of piperidine rings is 1. The van der Waals surface area contributed by atoms with E-state index in [0.29, 0.717) is 45.4 Å². The molecule has 3 aliphatic rings. The molecule has 0 aromatic carbocycles. The van der Waals surface area contributed by atoms with E-state index in [1.165, 1.54) is 0 Å². The third kappa shape index (κ3) is 3.21. The van der Waals surface area contributed by atoms with Crippen LogP contribution in [0, 0.1) is 5.92 Å². The van der Waals surface area contributed by atoms with Crippen LogP contribution in [0.4, 0.5) is 13.2 Å². The first-order valence-electron chi connectivity index (χ1n) is 7.66. The number of alkyl halides is 3. The van der Waals surface area contributed by atoms with Crippen LogP contribution in [0.5, 0.6) is 0 Å². The zero-order chi connectivity index (χ0) is 15.1. The van der Waals surface area contributed by atoms with Crippen molar-refractivity contribution in [2.24, 2.45) is 5.92 Å². The Balaban J connectivity index is 1.69. The molecule has 3 atom stereocenters. The van der Waals surface area contributed by atoms with Crippen molar-refractivity contribution in [3.05, 3.63) is 0 Å². The van der Waals surface area contributed by atoms with Crippen LogP contribution in [0.1, 0.15) is 32.1 Å². The van der Waals surface area contributed by atoms with Crippen molar-refractivity contribution in [3.8, 4) is 0 Å². The summed E-state index contributed by atoms with van der Waals surface area (Å²) in [7, 11) is 0. The van der Waals surface area contributed by atoms with Gasteiger partial charge in [0.15, 0.2) is 5.79 Å². The monoisotopic (exact) mass is 309 g/mol. The van der Waals surface area contributed by atoms with Gasteiger partial charge in [-0.2, -0.15) is 13.2 Å². The smallest absolute Gasteiger partial charge is 0.391 e. The van der Waals surface area contributed by atoms with Crippen LogP contribution in [0.25, 0.3) is 0 Å². The van der Waals surface area contributed by atoms with E-state index in [1.807, 2.05) is 0 Å². The highest BCUT2D eigenvalue weighted by Gasteiger charge is 2.49. The summed E-state index contributed by atoms with van der Waals surface area (Å²) >= 11 is 0. The van der Waals surface area contributed by atoms with Crippen LogP contribution in [0.15, 0.2) is 0 Å². The first-order valence-corrected chi connectivity index (χ1v) is 7.66. The van der Waals surface area contributed by atoms with Crippen molar-refractivity contribution in [1.82, 2.24) is 4.90 Å². The lowest BCUT2D eigenvalue weighted by Crippen LogP contribution is -2.56. The highest BCUT2D eigenvalue weighted by Crippen LogP contribution is 2.40. The van der Waals surface area contributed by atoms with Crippen molar-refractivity contribution < 1.29 is 27.8 Å². The molecular weight excluding hydrogens is 287 g/mol. The summed E-state index contributed by atoms with van der Waals surface area (Å²) in [5.41, 5.74) is 0. The topological polar surface area (TPSA) is 41.9 Å². The van der Waals surface area contributed by atoms with Gasteiger partial charge in [-0.25, -0.2) is 0 Å². The minimum absolute atomic E-state index is 0.0265. The summed E-state index contributed by atoms with van der Waals surface area (Å²) in [6.07, 6.45) is -2.48. The second-order valence-corrected chi connectivity index (χ2v) is 6.36. The van der Waals surface area contributed by atoms with Gasteiger partial charge in [0.25, 0.3) is 0 Å². The molecule has 0 amide bonds. The molecular formula is C14H22F3NO3. The Morgan fingerprint density at radius 1 is 1.14 bits per heavy atom. The normalized spacial score (nSPS) is 38.0. The van der Waals surface area contributed by atoms with Gasteiger partial charge < -0.3 is 14.6 Å². The van der Waals surface area contributed by atoms with E-state index in [9.17, 15) is 18.3 Å². The molecule has 2 aliphatic heterocycles. The van der Waals surface area contributed by atoms with Crippen molar-refractivity contribution in [1.29, 1.82) is 0 Å². The largest absolute Gasteiger partial charge is 0.393 e. The highest BCUT2D eigenvalue weighted by atomic mass is 19.4. The molecule has 0 bridgehead atoms. The van der Waals surface area contributed by atoms with Gasteiger partial charge in [-0.15, -0.1) is 0 Å². The molecule has 3 fully saturated rings. The molecule has 2 saturated heterocycles. The van der Waals surface area contributed by atoms with E-state index in [2.05, 4.69) is 0 Å². The van der Waals surface area contributed by atoms with Crippen LogP contribution < -0.4 is 0 Å². The molecule has 1 aliphatic carbocycles. The van der Waals surface area contributed by atoms with Crippen molar-refractivity contribution >= 4 is 0 Å². The Morgan fingerprint density at radius 2 is 1.86 bits per heavy atom. The lowest BCUT2D eigenvalue weighted by molar-refractivity contribution is -0.217. The fourth-order valence-corrected chi connectivity index (χ4v) is 3.82. The van der Waals surface area contributed by atoms with E-state index in [-0.39, 0.29) is 19.0 Å². The minimum Gasteiger partial charge on any atom is -0.391 e. The molecule has 7 heteroatoms. The summed E-state index contributed by atoms with van der Waals surface area (Å²) in [4.78, 5) is 1.79. The fourth-order valence-electron chi connectivity index (χ4n) is 3.82. The molecule has 3 rings (SSSR count). The summed E-state index contributed by atoms with van der Waals surface area (Å²) in [5, 5.41) is 10.2. The van der Waals surface area contributed by atoms with E-state index in [1.54, 1.807) is 4.90 Å². The van der Waals surface area contributed by atoms with Crippen LogP contribution in [0.2, 0.25) is 0 Å². The zero-order valence-corrected chi connectivity index (χ0v) is 11.9. The maximum atomic E-state index is 12.9. The number of rotatable bonds is 1. The number of ether oxygens (including phenoxy) is 2. The average molecular weight is 309 g/mol. The van der Waals surface area contributed by atoms with Gasteiger partial charge in [-0.3, -0.25) is 4.90 Å².